The van der Waals surface area contributed by atoms with Crippen LogP contribution in [0.4, 0.5) is 4.39 Å². The zero-order valence-electron chi connectivity index (χ0n) is 15.5. The first-order valence-corrected chi connectivity index (χ1v) is 9.52. The van der Waals surface area contributed by atoms with Crippen molar-refractivity contribution in [1.29, 1.82) is 0 Å². The van der Waals surface area contributed by atoms with Crippen LogP contribution >= 0.6 is 24.0 Å². The summed E-state index contributed by atoms with van der Waals surface area (Å²) < 4.78 is 18.5. The van der Waals surface area contributed by atoms with Crippen molar-refractivity contribution in [1.82, 2.24) is 10.2 Å². The quantitative estimate of drug-likeness (QED) is 0.809. The van der Waals surface area contributed by atoms with Gasteiger partial charge in [-0.1, -0.05) is 29.8 Å². The fourth-order valence-electron chi connectivity index (χ4n) is 4.33. The number of carbonyl (C=O) groups excluding carboxylic acids is 1. The normalized spacial score (nSPS) is 23.2. The van der Waals surface area contributed by atoms with Gasteiger partial charge in [0.2, 0.25) is 5.91 Å². The van der Waals surface area contributed by atoms with Crippen molar-refractivity contribution < 1.29 is 13.9 Å². The van der Waals surface area contributed by atoms with E-state index in [0.29, 0.717) is 22.4 Å². The van der Waals surface area contributed by atoms with E-state index in [0.717, 1.165) is 30.9 Å². The van der Waals surface area contributed by atoms with Gasteiger partial charge in [0.1, 0.15) is 11.6 Å². The topological polar surface area (TPSA) is 41.6 Å². The van der Waals surface area contributed by atoms with Crippen molar-refractivity contribution >= 4 is 29.9 Å². The van der Waals surface area contributed by atoms with E-state index >= 15 is 0 Å². The number of amides is 1. The van der Waals surface area contributed by atoms with Crippen LogP contribution in [-0.2, 0) is 11.2 Å². The van der Waals surface area contributed by atoms with Crippen molar-refractivity contribution in [3.8, 4) is 5.75 Å². The number of nitrogens with zero attached hydrogens (tertiary/aromatic N) is 1. The van der Waals surface area contributed by atoms with E-state index in [4.69, 9.17) is 16.3 Å². The molecule has 4 rings (SSSR count). The van der Waals surface area contributed by atoms with Gasteiger partial charge < -0.3 is 15.0 Å². The first-order chi connectivity index (χ1) is 13.1. The van der Waals surface area contributed by atoms with Gasteiger partial charge in [0.15, 0.2) is 0 Å². The highest BCUT2D eigenvalue weighted by molar-refractivity contribution is 6.31. The summed E-state index contributed by atoms with van der Waals surface area (Å²) in [4.78, 5) is 15.1. The number of hydrogen-bond donors (Lipinski definition) is 1. The number of rotatable bonds is 4. The fourth-order valence-corrected chi connectivity index (χ4v) is 4.57. The Labute approximate surface area is 175 Å². The summed E-state index contributed by atoms with van der Waals surface area (Å²) in [6, 6.07) is 12.2. The Hall–Kier alpha value is -1.82. The second-order valence-electron chi connectivity index (χ2n) is 7.26. The number of benzene rings is 2. The predicted molar refractivity (Wildman–Crippen MR) is 110 cm³/mol. The predicted octanol–water partition coefficient (Wildman–Crippen LogP) is 3.87. The van der Waals surface area contributed by atoms with E-state index < -0.39 is 5.82 Å². The van der Waals surface area contributed by atoms with Gasteiger partial charge in [-0.3, -0.25) is 4.79 Å². The van der Waals surface area contributed by atoms with Crippen LogP contribution in [0.2, 0.25) is 5.02 Å². The molecule has 1 N–H and O–H groups in total. The Kier molecular flexibility index (Phi) is 6.48. The summed E-state index contributed by atoms with van der Waals surface area (Å²) in [5, 5.41) is 3.74. The van der Waals surface area contributed by atoms with Crippen molar-refractivity contribution in [2.75, 3.05) is 26.7 Å². The molecule has 0 spiro atoms. The zero-order valence-corrected chi connectivity index (χ0v) is 17.1. The van der Waals surface area contributed by atoms with Crippen molar-refractivity contribution in [3.63, 3.8) is 0 Å². The summed E-state index contributed by atoms with van der Waals surface area (Å²) >= 11 is 6.13. The van der Waals surface area contributed by atoms with Crippen molar-refractivity contribution in [2.45, 2.75) is 12.5 Å². The van der Waals surface area contributed by atoms with Crippen LogP contribution < -0.4 is 10.1 Å². The molecule has 7 heteroatoms. The van der Waals surface area contributed by atoms with Crippen LogP contribution in [0, 0.1) is 17.7 Å². The third-order valence-corrected chi connectivity index (χ3v) is 6.05. The lowest BCUT2D eigenvalue weighted by molar-refractivity contribution is -0.131. The number of ether oxygens (including phenoxy) is 1. The first kappa shape index (κ1) is 20.9. The molecule has 0 radical (unpaired) electrons. The van der Waals surface area contributed by atoms with Crippen LogP contribution in [-0.4, -0.2) is 37.6 Å². The lowest BCUT2D eigenvalue weighted by Crippen LogP contribution is -2.35. The molecule has 3 atom stereocenters. The highest BCUT2D eigenvalue weighted by Gasteiger charge is 2.46. The smallest absolute Gasteiger partial charge is 0.227 e. The number of methoxy groups -OCH3 is 1. The SMILES string of the molecule is COc1ccc([C@@H]2[C@H]3CNC[C@H]3CN2C(=O)Cc2ccc(F)cc2Cl)cc1.Cl. The first-order valence-electron chi connectivity index (χ1n) is 9.15. The third-order valence-electron chi connectivity index (χ3n) is 5.70. The highest BCUT2D eigenvalue weighted by atomic mass is 35.5. The molecule has 1 amide bonds. The monoisotopic (exact) mass is 424 g/mol. The second-order valence-corrected chi connectivity index (χ2v) is 7.67. The number of likely N-dealkylation sites (tertiary alicyclic amines) is 1. The van der Waals surface area contributed by atoms with Crippen LogP contribution in [0.15, 0.2) is 42.5 Å². The summed E-state index contributed by atoms with van der Waals surface area (Å²) in [5.41, 5.74) is 1.78. The maximum atomic E-state index is 13.3. The number of nitrogens with one attached hydrogen (secondary N) is 1. The molecule has 0 unspecified atom stereocenters. The maximum absolute atomic E-state index is 13.3. The van der Waals surface area contributed by atoms with Gasteiger partial charge in [0.05, 0.1) is 19.6 Å². The molecule has 4 nitrogen and oxygen atoms in total. The average molecular weight is 425 g/mol. The van der Waals surface area contributed by atoms with E-state index in [9.17, 15) is 9.18 Å². The van der Waals surface area contributed by atoms with Gasteiger partial charge in [-0.25, -0.2) is 4.39 Å². The molecule has 0 bridgehead atoms. The van der Waals surface area contributed by atoms with Gasteiger partial charge in [0, 0.05) is 30.6 Å². The standard InChI is InChI=1S/C21H22ClFN2O2.ClH/c1-27-17-6-3-13(4-7-17)21-18-11-24-10-15(18)12-25(21)20(26)8-14-2-5-16(23)9-19(14)22;/h2-7,9,15,18,21,24H,8,10-12H2,1H3;1H/t15-,18-,21+;/m0./s1. The van der Waals surface area contributed by atoms with Crippen LogP contribution in [0.25, 0.3) is 0 Å². The summed E-state index contributed by atoms with van der Waals surface area (Å²) in [5.74, 6) is 1.28. The van der Waals surface area contributed by atoms with E-state index in [1.54, 1.807) is 13.2 Å². The minimum absolute atomic E-state index is 0. The van der Waals surface area contributed by atoms with Gasteiger partial charge in [-0.15, -0.1) is 12.4 Å². The highest BCUT2D eigenvalue weighted by Crippen LogP contribution is 2.43. The molecule has 150 valence electrons. The Balaban J connectivity index is 0.00000225. The number of hydrogen-bond acceptors (Lipinski definition) is 3. The molecule has 2 heterocycles. The average Bonchev–Trinajstić information content (AvgIpc) is 3.25. The van der Waals surface area contributed by atoms with Gasteiger partial charge in [-0.05, 0) is 41.3 Å². The fraction of sp³-hybridized carbons (Fsp3) is 0.381. The largest absolute Gasteiger partial charge is 0.497 e. The summed E-state index contributed by atoms with van der Waals surface area (Å²) in [6.45, 7) is 2.56. The molecular weight excluding hydrogens is 402 g/mol. The van der Waals surface area contributed by atoms with Gasteiger partial charge in [-0.2, -0.15) is 0 Å². The molecule has 28 heavy (non-hydrogen) atoms. The third kappa shape index (κ3) is 3.97. The minimum Gasteiger partial charge on any atom is -0.497 e. The van der Waals surface area contributed by atoms with E-state index in [1.807, 2.05) is 29.2 Å². The molecule has 0 aliphatic carbocycles. The second kappa shape index (κ2) is 8.68. The molecule has 0 saturated carbocycles. The van der Waals surface area contributed by atoms with Crippen molar-refractivity contribution in [2.24, 2.45) is 11.8 Å². The molecule has 2 aliphatic rings. The Morgan fingerprint density at radius 1 is 1.25 bits per heavy atom. The molecule has 2 aromatic rings. The Morgan fingerprint density at radius 3 is 2.68 bits per heavy atom. The number of halogens is 3. The zero-order chi connectivity index (χ0) is 19.0. The molecule has 2 aromatic carbocycles. The minimum atomic E-state index is -0.394. The van der Waals surface area contributed by atoms with Crippen LogP contribution in [0.1, 0.15) is 17.2 Å². The molecule has 2 fully saturated rings. The molecule has 2 saturated heterocycles. The maximum Gasteiger partial charge on any atom is 0.227 e. The summed E-state index contributed by atoms with van der Waals surface area (Å²) in [7, 11) is 1.64. The van der Waals surface area contributed by atoms with Gasteiger partial charge in [0.25, 0.3) is 0 Å². The van der Waals surface area contributed by atoms with Crippen molar-refractivity contribution in [3.05, 3.63) is 64.4 Å². The summed E-state index contributed by atoms with van der Waals surface area (Å²) in [6.07, 6.45) is 0.179. The van der Waals surface area contributed by atoms with E-state index in [1.165, 1.54) is 12.1 Å². The van der Waals surface area contributed by atoms with E-state index in [2.05, 4.69) is 5.32 Å². The lowest BCUT2D eigenvalue weighted by Gasteiger charge is -2.29. The lowest BCUT2D eigenvalue weighted by atomic mass is 9.89. The van der Waals surface area contributed by atoms with Crippen LogP contribution in [0.5, 0.6) is 5.75 Å². The Bertz CT molecular complexity index is 847. The van der Waals surface area contributed by atoms with Gasteiger partial charge >= 0.3 is 0 Å². The molecule has 0 aromatic heterocycles. The molecular formula is C21H23Cl2FN2O2. The van der Waals surface area contributed by atoms with Crippen LogP contribution in [0.3, 0.4) is 0 Å². The number of carbonyl (C=O) groups is 1. The van der Waals surface area contributed by atoms with E-state index in [-0.39, 0.29) is 30.8 Å². The molecule has 2 aliphatic heterocycles. The Morgan fingerprint density at radius 2 is 2.00 bits per heavy atom. The number of fused-ring (bicyclic) bond motifs is 1.